The van der Waals surface area contributed by atoms with E-state index < -0.39 is 16.1 Å². The van der Waals surface area contributed by atoms with Crippen LogP contribution < -0.4 is 0 Å². The zero-order valence-electron chi connectivity index (χ0n) is 11.2. The van der Waals surface area contributed by atoms with Crippen LogP contribution in [-0.4, -0.2) is 27.9 Å². The van der Waals surface area contributed by atoms with Gasteiger partial charge in [0.1, 0.15) is 16.1 Å². The van der Waals surface area contributed by atoms with Gasteiger partial charge in [0.15, 0.2) is 0 Å². The van der Waals surface area contributed by atoms with Crippen molar-refractivity contribution in [2.75, 3.05) is 6.61 Å². The lowest BCUT2D eigenvalue weighted by Gasteiger charge is -2.04. The van der Waals surface area contributed by atoms with Gasteiger partial charge in [0, 0.05) is 11.6 Å². The third-order valence-corrected chi connectivity index (χ3v) is 3.23. The molecule has 0 fully saturated rings. The topological polar surface area (TPSA) is 20.2 Å². The van der Waals surface area contributed by atoms with E-state index in [1.807, 2.05) is 0 Å². The molecule has 0 aliphatic rings. The lowest BCUT2D eigenvalue weighted by molar-refractivity contribution is 0.336. The first-order chi connectivity index (χ1) is 7.14. The molecule has 0 saturated heterocycles. The van der Waals surface area contributed by atoms with Crippen LogP contribution in [0, 0.1) is 22.9 Å². The van der Waals surface area contributed by atoms with Gasteiger partial charge in [0.05, 0.1) is 6.61 Å². The highest BCUT2D eigenvalue weighted by atomic mass is 28.3. The summed E-state index contributed by atoms with van der Waals surface area (Å²) >= 11 is 0. The molecule has 0 heterocycles. The molecule has 0 aromatic carbocycles. The molecule has 0 spiro atoms. The van der Waals surface area contributed by atoms with E-state index in [0.29, 0.717) is 0 Å². The van der Waals surface area contributed by atoms with Crippen molar-refractivity contribution in [1.29, 1.82) is 0 Å². The molecule has 16 heavy (non-hydrogen) atoms. The van der Waals surface area contributed by atoms with Crippen LogP contribution >= 0.6 is 0 Å². The largest absolute Gasteiger partial charge is 0.391 e. The standard InChI is InChI=1S/C13H22OSi2/c1-15(2,3)10-7-8-13(12-14)9-11-16(4,5)6/h8,14H,12H2,1-6H3/b13-8-. The van der Waals surface area contributed by atoms with Crippen molar-refractivity contribution in [2.45, 2.75) is 39.3 Å². The number of aliphatic hydroxyl groups is 1. The summed E-state index contributed by atoms with van der Waals surface area (Å²) < 4.78 is 0. The Morgan fingerprint density at radius 3 is 1.88 bits per heavy atom. The van der Waals surface area contributed by atoms with E-state index in [9.17, 15) is 0 Å². The predicted octanol–water partition coefficient (Wildman–Crippen LogP) is 2.67. The van der Waals surface area contributed by atoms with Crippen molar-refractivity contribution < 1.29 is 5.11 Å². The first-order valence-electron chi connectivity index (χ1n) is 5.50. The summed E-state index contributed by atoms with van der Waals surface area (Å²) in [6.45, 7) is 13.1. The number of hydrogen-bond acceptors (Lipinski definition) is 1. The van der Waals surface area contributed by atoms with Crippen LogP contribution in [0.25, 0.3) is 0 Å². The van der Waals surface area contributed by atoms with Gasteiger partial charge in [0.25, 0.3) is 0 Å². The maximum Gasteiger partial charge on any atom is 0.129 e. The highest BCUT2D eigenvalue weighted by Gasteiger charge is 2.08. The van der Waals surface area contributed by atoms with Gasteiger partial charge in [0.2, 0.25) is 0 Å². The summed E-state index contributed by atoms with van der Waals surface area (Å²) in [4.78, 5) is 0. The van der Waals surface area contributed by atoms with Crippen molar-refractivity contribution in [3.05, 3.63) is 11.6 Å². The van der Waals surface area contributed by atoms with Crippen molar-refractivity contribution in [2.24, 2.45) is 0 Å². The van der Waals surface area contributed by atoms with Crippen LogP contribution in [0.4, 0.5) is 0 Å². The molecule has 0 aromatic heterocycles. The minimum Gasteiger partial charge on any atom is -0.391 e. The molecule has 0 bridgehead atoms. The zero-order chi connectivity index (χ0) is 12.8. The Bertz CT molecular complexity index is 373. The molecule has 0 aliphatic heterocycles. The lowest BCUT2D eigenvalue weighted by atomic mass is 10.3. The molecule has 0 rings (SSSR count). The maximum absolute atomic E-state index is 9.14. The second-order valence-corrected chi connectivity index (χ2v) is 15.3. The Morgan fingerprint density at radius 2 is 1.50 bits per heavy atom. The Hall–Kier alpha value is -0.746. The SMILES string of the molecule is C[Si](C)(C)C#C/C=C(/C#C[Si](C)(C)C)CO. The predicted molar refractivity (Wildman–Crippen MR) is 77.4 cm³/mol. The van der Waals surface area contributed by atoms with Gasteiger partial charge in [-0.25, -0.2) is 0 Å². The number of aliphatic hydroxyl groups excluding tert-OH is 1. The fraction of sp³-hybridized carbons (Fsp3) is 0.538. The van der Waals surface area contributed by atoms with Crippen LogP contribution in [0.2, 0.25) is 39.3 Å². The summed E-state index contributed by atoms with van der Waals surface area (Å²) in [6, 6.07) is 0. The molecule has 0 aliphatic carbocycles. The Labute approximate surface area is 102 Å². The minimum atomic E-state index is -1.36. The third-order valence-electron chi connectivity index (χ3n) is 1.46. The van der Waals surface area contributed by atoms with Crippen molar-refractivity contribution in [3.8, 4) is 22.9 Å². The minimum absolute atomic E-state index is 0.0160. The molecule has 0 radical (unpaired) electrons. The molecule has 3 heteroatoms. The van der Waals surface area contributed by atoms with Gasteiger partial charge in [-0.05, 0) is 0 Å². The summed E-state index contributed by atoms with van der Waals surface area (Å²) in [5.41, 5.74) is 7.18. The van der Waals surface area contributed by atoms with E-state index >= 15 is 0 Å². The van der Waals surface area contributed by atoms with Crippen LogP contribution in [-0.2, 0) is 0 Å². The second kappa shape index (κ2) is 6.10. The highest BCUT2D eigenvalue weighted by molar-refractivity contribution is 6.84. The van der Waals surface area contributed by atoms with Gasteiger partial charge in [-0.3, -0.25) is 0 Å². The highest BCUT2D eigenvalue weighted by Crippen LogP contribution is 1.99. The number of allylic oxidation sites excluding steroid dienone is 1. The second-order valence-electron chi connectivity index (χ2n) is 5.85. The van der Waals surface area contributed by atoms with Gasteiger partial charge in [-0.15, -0.1) is 11.1 Å². The summed E-state index contributed by atoms with van der Waals surface area (Å²) in [5.74, 6) is 6.05. The van der Waals surface area contributed by atoms with Crippen molar-refractivity contribution in [1.82, 2.24) is 0 Å². The van der Waals surface area contributed by atoms with Gasteiger partial charge in [-0.2, -0.15) is 0 Å². The van der Waals surface area contributed by atoms with E-state index in [2.05, 4.69) is 62.2 Å². The third kappa shape index (κ3) is 9.80. The van der Waals surface area contributed by atoms with Crippen molar-refractivity contribution >= 4 is 16.1 Å². The molecule has 1 N–H and O–H groups in total. The molecular weight excluding hydrogens is 228 g/mol. The first kappa shape index (κ1) is 15.3. The van der Waals surface area contributed by atoms with Crippen LogP contribution in [0.1, 0.15) is 0 Å². The number of rotatable bonds is 1. The number of hydrogen-bond donors (Lipinski definition) is 1. The molecule has 0 amide bonds. The van der Waals surface area contributed by atoms with Crippen LogP contribution in [0.15, 0.2) is 11.6 Å². The molecule has 0 aromatic rings. The normalized spacial score (nSPS) is 12.3. The summed E-state index contributed by atoms with van der Waals surface area (Å²) in [7, 11) is -2.69. The lowest BCUT2D eigenvalue weighted by Crippen LogP contribution is -2.16. The van der Waals surface area contributed by atoms with E-state index in [1.165, 1.54) is 0 Å². The average Bonchev–Trinajstić information content (AvgIpc) is 2.07. The Morgan fingerprint density at radius 1 is 1.00 bits per heavy atom. The van der Waals surface area contributed by atoms with Gasteiger partial charge in [-0.1, -0.05) is 51.1 Å². The summed E-state index contributed by atoms with van der Waals surface area (Å²) in [5, 5.41) is 9.14. The van der Waals surface area contributed by atoms with Crippen LogP contribution in [0.3, 0.4) is 0 Å². The molecule has 0 atom stereocenters. The quantitative estimate of drug-likeness (QED) is 0.560. The fourth-order valence-electron chi connectivity index (χ4n) is 0.729. The first-order valence-corrected chi connectivity index (χ1v) is 12.5. The van der Waals surface area contributed by atoms with E-state index in [-0.39, 0.29) is 6.61 Å². The summed E-state index contributed by atoms with van der Waals surface area (Å²) in [6.07, 6.45) is 1.76. The fourth-order valence-corrected chi connectivity index (χ4v) is 1.77. The van der Waals surface area contributed by atoms with E-state index in [4.69, 9.17) is 5.11 Å². The maximum atomic E-state index is 9.14. The van der Waals surface area contributed by atoms with Gasteiger partial charge >= 0.3 is 0 Å². The van der Waals surface area contributed by atoms with Crippen molar-refractivity contribution in [3.63, 3.8) is 0 Å². The van der Waals surface area contributed by atoms with Crippen LogP contribution in [0.5, 0.6) is 0 Å². The zero-order valence-corrected chi connectivity index (χ0v) is 13.2. The average molecular weight is 250 g/mol. The van der Waals surface area contributed by atoms with E-state index in [0.717, 1.165) is 5.57 Å². The molecule has 88 valence electrons. The Balaban J connectivity index is 4.79. The molecule has 0 unspecified atom stereocenters. The monoisotopic (exact) mass is 250 g/mol. The Kier molecular flexibility index (Phi) is 5.82. The molecule has 0 saturated carbocycles. The molecule has 1 nitrogen and oxygen atoms in total. The molecular formula is C13H22OSi2. The van der Waals surface area contributed by atoms with Gasteiger partial charge < -0.3 is 5.11 Å². The smallest absolute Gasteiger partial charge is 0.129 e. The van der Waals surface area contributed by atoms with E-state index in [1.54, 1.807) is 6.08 Å².